The number of nitrogens with zero attached hydrogens (tertiary/aromatic N) is 3. The predicted octanol–water partition coefficient (Wildman–Crippen LogP) is 7.10. The van der Waals surface area contributed by atoms with Gasteiger partial charge in [0.05, 0.1) is 12.1 Å². The van der Waals surface area contributed by atoms with Crippen molar-refractivity contribution in [2.24, 2.45) is 0 Å². The van der Waals surface area contributed by atoms with Crippen molar-refractivity contribution >= 4 is 55.0 Å². The number of hydrogen-bond acceptors (Lipinski definition) is 4. The average Bonchev–Trinajstić information content (AvgIpc) is 3.17. The quantitative estimate of drug-likeness (QED) is 0.304. The molecule has 0 radical (unpaired) electrons. The minimum absolute atomic E-state index is 0.584. The van der Waals surface area contributed by atoms with Crippen LogP contribution < -0.4 is 5.32 Å². The molecule has 29 heavy (non-hydrogen) atoms. The van der Waals surface area contributed by atoms with E-state index in [4.69, 9.17) is 11.0 Å². The van der Waals surface area contributed by atoms with E-state index >= 15 is 0 Å². The van der Waals surface area contributed by atoms with Crippen LogP contribution in [0.1, 0.15) is 0 Å². The molecule has 5 nitrogen and oxygen atoms in total. The Balaban J connectivity index is 1.46. The van der Waals surface area contributed by atoms with Crippen LogP contribution in [0.25, 0.3) is 38.3 Å². The molecule has 0 fully saturated rings. The molecule has 138 valence electrons. The summed E-state index contributed by atoms with van der Waals surface area (Å²) in [7, 11) is 0. The van der Waals surface area contributed by atoms with Crippen LogP contribution in [0, 0.1) is 6.57 Å². The fourth-order valence-corrected chi connectivity index (χ4v) is 3.53. The first-order chi connectivity index (χ1) is 14.2. The number of hydrogen-bond donors (Lipinski definition) is 1. The van der Waals surface area contributed by atoms with E-state index in [0.717, 1.165) is 43.4 Å². The van der Waals surface area contributed by atoms with Gasteiger partial charge >= 0.3 is 0 Å². The van der Waals surface area contributed by atoms with Crippen molar-refractivity contribution < 1.29 is 4.42 Å². The van der Waals surface area contributed by atoms with Crippen LogP contribution in [-0.2, 0) is 0 Å². The molecule has 5 rings (SSSR count). The molecule has 0 bridgehead atoms. The molecule has 0 aliphatic heterocycles. The summed E-state index contributed by atoms with van der Waals surface area (Å²) in [6, 6.07) is 21.1. The van der Waals surface area contributed by atoms with Crippen LogP contribution in [-0.4, -0.2) is 9.97 Å². The highest BCUT2D eigenvalue weighted by Crippen LogP contribution is 2.30. The zero-order valence-corrected chi connectivity index (χ0v) is 16.6. The maximum absolute atomic E-state index is 7.23. The third-order valence-electron chi connectivity index (χ3n) is 4.62. The van der Waals surface area contributed by atoms with E-state index in [1.807, 2.05) is 60.7 Å². The molecular weight excluding hydrogens is 428 g/mol. The lowest BCUT2D eigenvalue weighted by atomic mass is 10.1. The predicted molar refractivity (Wildman–Crippen MR) is 118 cm³/mol. The monoisotopic (exact) mass is 440 g/mol. The number of aromatic nitrogens is 2. The van der Waals surface area contributed by atoms with Crippen LogP contribution in [0.5, 0.6) is 0 Å². The van der Waals surface area contributed by atoms with Crippen molar-refractivity contribution in [2.75, 3.05) is 5.32 Å². The number of benzene rings is 3. The summed E-state index contributed by atoms with van der Waals surface area (Å²) >= 11 is 3.45. The lowest BCUT2D eigenvalue weighted by Gasteiger charge is -2.10. The van der Waals surface area contributed by atoms with Gasteiger partial charge in [0, 0.05) is 33.0 Å². The van der Waals surface area contributed by atoms with Crippen molar-refractivity contribution in [2.45, 2.75) is 0 Å². The summed E-state index contributed by atoms with van der Waals surface area (Å²) in [4.78, 5) is 12.4. The third kappa shape index (κ3) is 3.33. The average molecular weight is 441 g/mol. The van der Waals surface area contributed by atoms with Crippen LogP contribution in [0.2, 0.25) is 0 Å². The van der Waals surface area contributed by atoms with Crippen molar-refractivity contribution in [1.29, 1.82) is 0 Å². The zero-order valence-electron chi connectivity index (χ0n) is 15.1. The van der Waals surface area contributed by atoms with Crippen molar-refractivity contribution in [3.63, 3.8) is 0 Å². The highest BCUT2D eigenvalue weighted by molar-refractivity contribution is 9.10. The Morgan fingerprint density at radius 3 is 2.59 bits per heavy atom. The number of fused-ring (bicyclic) bond motifs is 2. The fraction of sp³-hybridized carbons (Fsp3) is 0. The Hall–Kier alpha value is -3.69. The lowest BCUT2D eigenvalue weighted by molar-refractivity contribution is 0.619. The lowest BCUT2D eigenvalue weighted by Crippen LogP contribution is -1.92. The first-order valence-corrected chi connectivity index (χ1v) is 9.69. The van der Waals surface area contributed by atoms with Gasteiger partial charge in [-0.3, -0.25) is 4.98 Å². The summed E-state index contributed by atoms with van der Waals surface area (Å²) in [5.74, 6) is 0.584. The molecule has 3 aromatic carbocycles. The van der Waals surface area contributed by atoms with Gasteiger partial charge in [0.25, 0.3) is 0 Å². The van der Waals surface area contributed by atoms with E-state index in [-0.39, 0.29) is 0 Å². The maximum atomic E-state index is 7.23. The Morgan fingerprint density at radius 1 is 0.931 bits per heavy atom. The largest absolute Gasteiger partial charge is 0.436 e. The first-order valence-electron chi connectivity index (χ1n) is 8.89. The molecule has 0 atom stereocenters. The van der Waals surface area contributed by atoms with Crippen molar-refractivity contribution in [1.82, 2.24) is 9.97 Å². The molecule has 2 heterocycles. The van der Waals surface area contributed by atoms with E-state index in [9.17, 15) is 0 Å². The van der Waals surface area contributed by atoms with Gasteiger partial charge in [0.1, 0.15) is 5.52 Å². The van der Waals surface area contributed by atoms with Gasteiger partial charge in [-0.25, -0.2) is 9.83 Å². The van der Waals surface area contributed by atoms with Crippen molar-refractivity contribution in [3.8, 4) is 11.5 Å². The summed E-state index contributed by atoms with van der Waals surface area (Å²) in [6.45, 7) is 7.23. The van der Waals surface area contributed by atoms with Gasteiger partial charge in [0.15, 0.2) is 11.3 Å². The van der Waals surface area contributed by atoms with Crippen LogP contribution >= 0.6 is 15.9 Å². The van der Waals surface area contributed by atoms with E-state index in [1.54, 1.807) is 12.3 Å². The molecule has 0 amide bonds. The molecular formula is C23H13BrN4O. The highest BCUT2D eigenvalue weighted by atomic mass is 79.9. The minimum atomic E-state index is 0.584. The molecule has 0 aliphatic rings. The zero-order chi connectivity index (χ0) is 19.8. The number of oxazole rings is 1. The van der Waals surface area contributed by atoms with E-state index in [0.29, 0.717) is 11.6 Å². The van der Waals surface area contributed by atoms with Crippen LogP contribution in [0.3, 0.4) is 0 Å². The Bertz CT molecular complexity index is 1400. The normalized spacial score (nSPS) is 10.9. The molecule has 6 heteroatoms. The molecule has 0 spiro atoms. The van der Waals surface area contributed by atoms with Gasteiger partial charge < -0.3 is 9.73 Å². The fourth-order valence-electron chi connectivity index (χ4n) is 3.19. The number of anilines is 2. The van der Waals surface area contributed by atoms with Gasteiger partial charge in [0.2, 0.25) is 5.89 Å². The minimum Gasteiger partial charge on any atom is -0.436 e. The topological polar surface area (TPSA) is 55.3 Å². The SMILES string of the molecule is [C-]#[N+]c1ccc2nccc(Nc3ccc(-c4nc5ccc(Br)cc5o4)cc3)c2c1. The van der Waals surface area contributed by atoms with E-state index in [2.05, 4.69) is 36.1 Å². The molecule has 5 aromatic rings. The van der Waals surface area contributed by atoms with Crippen molar-refractivity contribution in [3.05, 3.63) is 88.8 Å². The Morgan fingerprint density at radius 2 is 1.76 bits per heavy atom. The summed E-state index contributed by atoms with van der Waals surface area (Å²) in [5, 5.41) is 4.32. The number of halogens is 1. The van der Waals surface area contributed by atoms with Gasteiger partial charge in [-0.15, -0.1) is 0 Å². The molecule has 0 saturated carbocycles. The number of rotatable bonds is 3. The summed E-state index contributed by atoms with van der Waals surface area (Å²) in [5.41, 5.74) is 5.73. The standard InChI is InChI=1S/C23H13BrN4O/c1-25-17-7-9-19-18(13-17)20(10-11-26-19)27-16-5-2-14(3-6-16)23-28-21-8-4-15(24)12-22(21)29-23/h2-13H,(H,26,27). The molecule has 0 saturated heterocycles. The first kappa shape index (κ1) is 17.4. The molecule has 0 aliphatic carbocycles. The molecule has 2 aromatic heterocycles. The van der Waals surface area contributed by atoms with Gasteiger partial charge in [-0.05, 0) is 60.7 Å². The third-order valence-corrected chi connectivity index (χ3v) is 5.11. The second-order valence-corrected chi connectivity index (χ2v) is 7.42. The van der Waals surface area contributed by atoms with Gasteiger partial charge in [-0.2, -0.15) is 0 Å². The summed E-state index contributed by atoms with van der Waals surface area (Å²) < 4.78 is 6.83. The van der Waals surface area contributed by atoms with Crippen LogP contribution in [0.15, 0.2) is 81.8 Å². The maximum Gasteiger partial charge on any atom is 0.227 e. The molecule has 0 unspecified atom stereocenters. The summed E-state index contributed by atoms with van der Waals surface area (Å²) in [6.07, 6.45) is 1.76. The highest BCUT2D eigenvalue weighted by Gasteiger charge is 2.09. The number of pyridine rings is 1. The smallest absolute Gasteiger partial charge is 0.227 e. The van der Waals surface area contributed by atoms with E-state index < -0.39 is 0 Å². The second-order valence-electron chi connectivity index (χ2n) is 6.51. The van der Waals surface area contributed by atoms with E-state index in [1.165, 1.54) is 0 Å². The Kier molecular flexibility index (Phi) is 4.23. The second kappa shape index (κ2) is 7.04. The van der Waals surface area contributed by atoms with Crippen LogP contribution in [0.4, 0.5) is 17.1 Å². The van der Waals surface area contributed by atoms with Gasteiger partial charge in [-0.1, -0.05) is 22.0 Å². The molecule has 1 N–H and O–H groups in total. The Labute approximate surface area is 175 Å². The number of nitrogens with one attached hydrogen (secondary N) is 1.